The minimum absolute atomic E-state index is 0.322. The molecule has 0 saturated carbocycles. The van der Waals surface area contributed by atoms with E-state index in [-0.39, 0.29) is 5.69 Å². The Morgan fingerprint density at radius 1 is 1.11 bits per heavy atom. The first-order chi connectivity index (χ1) is 13.0. The molecule has 1 aromatic heterocycles. The van der Waals surface area contributed by atoms with Gasteiger partial charge in [-0.15, -0.1) is 11.8 Å². The van der Waals surface area contributed by atoms with E-state index in [2.05, 4.69) is 15.3 Å². The van der Waals surface area contributed by atoms with E-state index in [0.29, 0.717) is 16.7 Å². The minimum atomic E-state index is -0.607. The largest absolute Gasteiger partial charge is 0.452 e. The first kappa shape index (κ1) is 18.5. The number of amides is 1. The van der Waals surface area contributed by atoms with Crippen molar-refractivity contribution in [1.29, 1.82) is 0 Å². The molecule has 138 valence electrons. The number of anilines is 1. The standard InChI is InChI=1S/C19H17N3O4S/c1-27-14-6-2-12(3-7-14)4-9-18(24)26-11-17(23)20-13-5-8-15-16(10-13)22-19(25)21-15/h2-10H,11H2,1H3,(H,20,23)(H2,21,22,25). The quantitative estimate of drug-likeness (QED) is 0.345. The van der Waals surface area contributed by atoms with Crippen LogP contribution in [0.2, 0.25) is 0 Å². The highest BCUT2D eigenvalue weighted by molar-refractivity contribution is 7.98. The van der Waals surface area contributed by atoms with E-state index in [4.69, 9.17) is 4.74 Å². The number of benzene rings is 2. The van der Waals surface area contributed by atoms with Crippen molar-refractivity contribution in [3.63, 3.8) is 0 Å². The van der Waals surface area contributed by atoms with Gasteiger partial charge in [0.15, 0.2) is 6.61 Å². The molecule has 3 aromatic rings. The molecule has 1 heterocycles. The Morgan fingerprint density at radius 2 is 1.85 bits per heavy atom. The smallest absolute Gasteiger partial charge is 0.331 e. The van der Waals surface area contributed by atoms with Gasteiger partial charge in [0.1, 0.15) is 0 Å². The third-order valence-corrected chi connectivity index (χ3v) is 4.42. The maximum atomic E-state index is 11.9. The van der Waals surface area contributed by atoms with Crippen LogP contribution in [0.15, 0.2) is 58.2 Å². The highest BCUT2D eigenvalue weighted by Crippen LogP contribution is 2.16. The van der Waals surface area contributed by atoms with Crippen molar-refractivity contribution in [3.05, 3.63) is 64.6 Å². The second kappa shape index (κ2) is 8.41. The van der Waals surface area contributed by atoms with Gasteiger partial charge in [0.05, 0.1) is 11.0 Å². The number of hydrogen-bond acceptors (Lipinski definition) is 5. The van der Waals surface area contributed by atoms with Crippen molar-refractivity contribution in [1.82, 2.24) is 9.97 Å². The predicted molar refractivity (Wildman–Crippen MR) is 106 cm³/mol. The number of carbonyl (C=O) groups is 2. The lowest BCUT2D eigenvalue weighted by atomic mass is 10.2. The van der Waals surface area contributed by atoms with Crippen molar-refractivity contribution in [2.24, 2.45) is 0 Å². The van der Waals surface area contributed by atoms with Crippen LogP contribution in [0.3, 0.4) is 0 Å². The molecule has 27 heavy (non-hydrogen) atoms. The highest BCUT2D eigenvalue weighted by atomic mass is 32.2. The summed E-state index contributed by atoms with van der Waals surface area (Å²) in [6.45, 7) is -0.406. The van der Waals surface area contributed by atoms with E-state index in [0.717, 1.165) is 10.5 Å². The zero-order valence-electron chi connectivity index (χ0n) is 14.4. The van der Waals surface area contributed by atoms with Crippen LogP contribution in [-0.4, -0.2) is 34.7 Å². The lowest BCUT2D eigenvalue weighted by molar-refractivity contribution is -0.142. The molecule has 0 atom stereocenters. The van der Waals surface area contributed by atoms with Crippen molar-refractivity contribution in [3.8, 4) is 0 Å². The van der Waals surface area contributed by atoms with Gasteiger partial charge in [-0.1, -0.05) is 12.1 Å². The van der Waals surface area contributed by atoms with Crippen molar-refractivity contribution in [2.45, 2.75) is 4.90 Å². The molecule has 0 aliphatic carbocycles. The predicted octanol–water partition coefficient (Wildman–Crippen LogP) is 2.77. The van der Waals surface area contributed by atoms with Crippen LogP contribution in [0.4, 0.5) is 5.69 Å². The number of nitrogens with one attached hydrogen (secondary N) is 3. The average molecular weight is 383 g/mol. The SMILES string of the molecule is CSc1ccc(C=CC(=O)OCC(=O)Nc2ccc3[nH]c(=O)[nH]c3c2)cc1. The molecule has 0 bridgehead atoms. The number of esters is 1. The average Bonchev–Trinajstić information content (AvgIpc) is 3.04. The van der Waals surface area contributed by atoms with Gasteiger partial charge >= 0.3 is 11.7 Å². The molecule has 8 heteroatoms. The summed E-state index contributed by atoms with van der Waals surface area (Å²) >= 11 is 1.64. The van der Waals surface area contributed by atoms with Crippen molar-refractivity contribution >= 4 is 46.4 Å². The Hall–Kier alpha value is -3.26. The second-order valence-corrected chi connectivity index (χ2v) is 6.48. The Balaban J connectivity index is 1.50. The molecular formula is C19H17N3O4S. The zero-order chi connectivity index (χ0) is 19.2. The van der Waals surface area contributed by atoms with Gasteiger partial charge in [-0.2, -0.15) is 0 Å². The van der Waals surface area contributed by atoms with E-state index in [1.54, 1.807) is 36.0 Å². The molecule has 0 saturated heterocycles. The maximum absolute atomic E-state index is 11.9. The monoisotopic (exact) mass is 383 g/mol. The molecule has 7 nitrogen and oxygen atoms in total. The van der Waals surface area contributed by atoms with Crippen LogP contribution in [0.1, 0.15) is 5.56 Å². The number of rotatable bonds is 6. The zero-order valence-corrected chi connectivity index (χ0v) is 15.3. The fourth-order valence-corrected chi connectivity index (χ4v) is 2.78. The summed E-state index contributed by atoms with van der Waals surface area (Å²) in [5.41, 5.74) is 2.24. The molecule has 0 fully saturated rings. The Bertz CT molecular complexity index is 1050. The first-order valence-electron chi connectivity index (χ1n) is 8.04. The Kier molecular flexibility index (Phi) is 5.77. The number of fused-ring (bicyclic) bond motifs is 1. The molecule has 2 aromatic carbocycles. The number of carbonyl (C=O) groups excluding carboxylic acids is 2. The van der Waals surface area contributed by atoms with Crippen LogP contribution >= 0.6 is 11.8 Å². The number of hydrogen-bond donors (Lipinski definition) is 3. The fourth-order valence-electron chi connectivity index (χ4n) is 2.37. The van der Waals surface area contributed by atoms with Gasteiger partial charge in [-0.05, 0) is 48.2 Å². The summed E-state index contributed by atoms with van der Waals surface area (Å²) in [4.78, 5) is 41.2. The number of aromatic amines is 2. The van der Waals surface area contributed by atoms with E-state index >= 15 is 0 Å². The molecule has 3 N–H and O–H groups in total. The third-order valence-electron chi connectivity index (χ3n) is 3.67. The molecule has 0 unspecified atom stereocenters. The minimum Gasteiger partial charge on any atom is -0.452 e. The summed E-state index contributed by atoms with van der Waals surface area (Å²) < 4.78 is 4.93. The summed E-state index contributed by atoms with van der Waals surface area (Å²) in [6.07, 6.45) is 4.89. The number of imidazole rings is 1. The molecule has 1 amide bonds. The molecule has 0 spiro atoms. The van der Waals surface area contributed by atoms with Gasteiger partial charge < -0.3 is 20.0 Å². The lowest BCUT2D eigenvalue weighted by Crippen LogP contribution is -2.20. The number of aromatic nitrogens is 2. The van der Waals surface area contributed by atoms with Crippen LogP contribution in [0.5, 0.6) is 0 Å². The van der Waals surface area contributed by atoms with Crippen LogP contribution in [0, 0.1) is 0 Å². The first-order valence-corrected chi connectivity index (χ1v) is 9.27. The van der Waals surface area contributed by atoms with Gasteiger partial charge in [0, 0.05) is 16.7 Å². The molecule has 0 aliphatic heterocycles. The van der Waals surface area contributed by atoms with Crippen LogP contribution in [-0.2, 0) is 14.3 Å². The Labute approximate surface area is 158 Å². The Morgan fingerprint density at radius 3 is 2.59 bits per heavy atom. The number of ether oxygens (including phenoxy) is 1. The highest BCUT2D eigenvalue weighted by Gasteiger charge is 2.07. The van der Waals surface area contributed by atoms with Crippen molar-refractivity contribution in [2.75, 3.05) is 18.2 Å². The summed E-state index contributed by atoms with van der Waals surface area (Å²) in [7, 11) is 0. The molecule has 0 aliphatic rings. The van der Waals surface area contributed by atoms with E-state index in [9.17, 15) is 14.4 Å². The van der Waals surface area contributed by atoms with E-state index in [1.165, 1.54) is 6.08 Å². The number of H-pyrrole nitrogens is 2. The van der Waals surface area contributed by atoms with Gasteiger partial charge in [-0.25, -0.2) is 9.59 Å². The number of thioether (sulfide) groups is 1. The van der Waals surface area contributed by atoms with Crippen LogP contribution < -0.4 is 11.0 Å². The fraction of sp³-hybridized carbons (Fsp3) is 0.105. The van der Waals surface area contributed by atoms with Crippen molar-refractivity contribution < 1.29 is 14.3 Å². The van der Waals surface area contributed by atoms with E-state index < -0.39 is 18.5 Å². The normalized spacial score (nSPS) is 11.0. The second-order valence-electron chi connectivity index (χ2n) is 5.60. The van der Waals surface area contributed by atoms with Crippen LogP contribution in [0.25, 0.3) is 17.1 Å². The summed E-state index contributed by atoms with van der Waals surface area (Å²) in [5.74, 6) is -1.08. The topological polar surface area (TPSA) is 104 Å². The maximum Gasteiger partial charge on any atom is 0.331 e. The van der Waals surface area contributed by atoms with Gasteiger partial charge in [0.2, 0.25) is 0 Å². The lowest BCUT2D eigenvalue weighted by Gasteiger charge is -2.05. The summed E-state index contributed by atoms with van der Waals surface area (Å²) in [5, 5.41) is 2.61. The molecular weight excluding hydrogens is 366 g/mol. The summed E-state index contributed by atoms with van der Waals surface area (Å²) in [6, 6.07) is 12.6. The van der Waals surface area contributed by atoms with Gasteiger partial charge in [0.25, 0.3) is 5.91 Å². The van der Waals surface area contributed by atoms with Gasteiger partial charge in [-0.3, -0.25) is 4.79 Å². The molecule has 3 rings (SSSR count). The molecule has 0 radical (unpaired) electrons. The van der Waals surface area contributed by atoms with E-state index in [1.807, 2.05) is 30.5 Å². The third kappa shape index (κ3) is 5.11.